The van der Waals surface area contributed by atoms with E-state index in [4.69, 9.17) is 21.1 Å². The van der Waals surface area contributed by atoms with Gasteiger partial charge in [-0.1, -0.05) is 84.6 Å². The molecule has 1 saturated carbocycles. The van der Waals surface area contributed by atoms with Crippen molar-refractivity contribution < 1.29 is 27.5 Å². The Kier molecular flexibility index (Phi) is 11.9. The highest BCUT2D eigenvalue weighted by atomic mass is 35.5. The molecule has 4 aromatic carbocycles. The summed E-state index contributed by atoms with van der Waals surface area (Å²) in [6.07, 6.45) is 3.99. The summed E-state index contributed by atoms with van der Waals surface area (Å²) in [5.74, 6) is -0.271. The fraction of sp³-hybridized carbons (Fsp3) is 0.316. The molecule has 4 aromatic rings. The number of rotatable bonds is 14. The van der Waals surface area contributed by atoms with Crippen LogP contribution in [0.1, 0.15) is 42.4 Å². The average Bonchev–Trinajstić information content (AvgIpc) is 3.62. The lowest BCUT2D eigenvalue weighted by Gasteiger charge is -2.34. The van der Waals surface area contributed by atoms with Crippen LogP contribution in [0.2, 0.25) is 5.02 Å². The first-order valence-electron chi connectivity index (χ1n) is 16.3. The topological polar surface area (TPSA) is 105 Å². The second kappa shape index (κ2) is 16.2. The van der Waals surface area contributed by atoms with E-state index in [1.165, 1.54) is 37.3 Å². The molecule has 258 valence electrons. The van der Waals surface area contributed by atoms with Gasteiger partial charge in [0.25, 0.3) is 10.0 Å². The molecule has 1 fully saturated rings. The summed E-state index contributed by atoms with van der Waals surface area (Å²) in [7, 11) is -1.43. The molecule has 49 heavy (non-hydrogen) atoms. The van der Waals surface area contributed by atoms with Gasteiger partial charge in [0.2, 0.25) is 11.8 Å². The molecule has 0 aliphatic heterocycles. The quantitative estimate of drug-likeness (QED) is 0.160. The molecule has 0 heterocycles. The molecule has 0 radical (unpaired) electrons. The van der Waals surface area contributed by atoms with Crippen molar-refractivity contribution in [2.24, 2.45) is 0 Å². The zero-order valence-electron chi connectivity index (χ0n) is 28.0. The number of amides is 2. The minimum absolute atomic E-state index is 0.00280. The number of hydrogen-bond acceptors (Lipinski definition) is 6. The van der Waals surface area contributed by atoms with Crippen molar-refractivity contribution in [3.05, 3.63) is 119 Å². The van der Waals surface area contributed by atoms with Crippen LogP contribution in [0, 0.1) is 6.92 Å². The van der Waals surface area contributed by atoms with E-state index in [2.05, 4.69) is 5.32 Å². The van der Waals surface area contributed by atoms with Gasteiger partial charge >= 0.3 is 0 Å². The number of nitrogens with one attached hydrogen (secondary N) is 1. The average molecular weight is 704 g/mol. The first-order chi connectivity index (χ1) is 23.6. The molecule has 9 nitrogen and oxygen atoms in total. The highest BCUT2D eigenvalue weighted by Crippen LogP contribution is 2.36. The maximum atomic E-state index is 14.8. The van der Waals surface area contributed by atoms with Crippen molar-refractivity contribution in [2.45, 2.75) is 62.6 Å². The van der Waals surface area contributed by atoms with Crippen LogP contribution in [0.25, 0.3) is 0 Å². The standard InChI is InChI=1S/C38H42ClN3O6S/c1-27-16-19-33(20-17-27)49(45,46)42(34-24-32(47-2)18-21-36(34)48-3)26-37(43)41(25-29-12-9-13-30(39)22-29)35(23-28-10-5-4-6-11-28)38(44)40-31-14-7-8-15-31/h4-6,9-13,16-22,24,31,35H,7-8,14-15,23,25-26H2,1-3H3,(H,40,44)/t35-/m0/s1. The van der Waals surface area contributed by atoms with Crippen molar-refractivity contribution in [3.63, 3.8) is 0 Å². The van der Waals surface area contributed by atoms with E-state index < -0.39 is 28.5 Å². The van der Waals surface area contributed by atoms with Gasteiger partial charge in [0, 0.05) is 30.1 Å². The van der Waals surface area contributed by atoms with Crippen LogP contribution < -0.4 is 19.1 Å². The largest absolute Gasteiger partial charge is 0.497 e. The van der Waals surface area contributed by atoms with Gasteiger partial charge in [0.05, 0.1) is 24.8 Å². The summed E-state index contributed by atoms with van der Waals surface area (Å²) >= 11 is 6.36. The number of carbonyl (C=O) groups excluding carboxylic acids is 2. The summed E-state index contributed by atoms with van der Waals surface area (Å²) in [5.41, 5.74) is 2.55. The lowest BCUT2D eigenvalue weighted by atomic mass is 10.0. The van der Waals surface area contributed by atoms with E-state index in [0.29, 0.717) is 16.3 Å². The van der Waals surface area contributed by atoms with Crippen LogP contribution in [-0.4, -0.2) is 58.0 Å². The highest BCUT2D eigenvalue weighted by molar-refractivity contribution is 7.92. The van der Waals surface area contributed by atoms with Crippen LogP contribution in [0.4, 0.5) is 5.69 Å². The van der Waals surface area contributed by atoms with Gasteiger partial charge in [-0.05, 0) is 67.3 Å². The van der Waals surface area contributed by atoms with E-state index in [1.54, 1.807) is 42.5 Å². The number of nitrogens with zero attached hydrogens (tertiary/aromatic N) is 2. The Bertz CT molecular complexity index is 1850. The first-order valence-corrected chi connectivity index (χ1v) is 18.1. The number of anilines is 1. The second-order valence-electron chi connectivity index (χ2n) is 12.2. The number of halogens is 1. The molecular formula is C38H42ClN3O6S. The summed E-state index contributed by atoms with van der Waals surface area (Å²) in [6.45, 7) is 1.25. The predicted octanol–water partition coefficient (Wildman–Crippen LogP) is 6.56. The van der Waals surface area contributed by atoms with Gasteiger partial charge in [0.15, 0.2) is 0 Å². The number of benzene rings is 4. The highest BCUT2D eigenvalue weighted by Gasteiger charge is 2.36. The van der Waals surface area contributed by atoms with Crippen molar-refractivity contribution in [3.8, 4) is 11.5 Å². The van der Waals surface area contributed by atoms with Crippen LogP contribution in [0.3, 0.4) is 0 Å². The Morgan fingerprint density at radius 1 is 0.878 bits per heavy atom. The smallest absolute Gasteiger partial charge is 0.264 e. The van der Waals surface area contributed by atoms with Gasteiger partial charge in [-0.15, -0.1) is 0 Å². The molecule has 5 rings (SSSR count). The number of sulfonamides is 1. The Hall–Kier alpha value is -4.54. The third-order valence-electron chi connectivity index (χ3n) is 8.76. The van der Waals surface area contributed by atoms with Crippen molar-refractivity contribution in [1.29, 1.82) is 0 Å². The Labute approximate surface area is 293 Å². The number of methoxy groups -OCH3 is 2. The van der Waals surface area contributed by atoms with Crippen molar-refractivity contribution >= 4 is 39.1 Å². The van der Waals surface area contributed by atoms with Crippen LogP contribution >= 0.6 is 11.6 Å². The molecule has 1 N–H and O–H groups in total. The third-order valence-corrected chi connectivity index (χ3v) is 10.8. The molecule has 0 bridgehead atoms. The molecule has 0 spiro atoms. The van der Waals surface area contributed by atoms with Gasteiger partial charge in [-0.25, -0.2) is 8.42 Å². The zero-order chi connectivity index (χ0) is 35.0. The monoisotopic (exact) mass is 703 g/mol. The molecule has 1 aliphatic carbocycles. The van der Waals surface area contributed by atoms with Gasteiger partial charge < -0.3 is 19.7 Å². The molecule has 0 saturated heterocycles. The molecular weight excluding hydrogens is 662 g/mol. The summed E-state index contributed by atoms with van der Waals surface area (Å²) < 4.78 is 41.0. The molecule has 11 heteroatoms. The fourth-order valence-corrected chi connectivity index (χ4v) is 7.73. The summed E-state index contributed by atoms with van der Waals surface area (Å²) in [4.78, 5) is 30.5. The second-order valence-corrected chi connectivity index (χ2v) is 14.5. The van der Waals surface area contributed by atoms with Crippen LogP contribution in [-0.2, 0) is 32.6 Å². The van der Waals surface area contributed by atoms with E-state index in [0.717, 1.165) is 41.1 Å². The molecule has 2 amide bonds. The SMILES string of the molecule is COc1ccc(OC)c(N(CC(=O)N(Cc2cccc(Cl)c2)[C@@H](Cc2ccccc2)C(=O)NC2CCCC2)S(=O)(=O)c2ccc(C)cc2)c1. The van der Waals surface area contributed by atoms with Crippen molar-refractivity contribution in [2.75, 3.05) is 25.1 Å². The maximum Gasteiger partial charge on any atom is 0.264 e. The lowest BCUT2D eigenvalue weighted by Crippen LogP contribution is -2.54. The Morgan fingerprint density at radius 2 is 1.57 bits per heavy atom. The lowest BCUT2D eigenvalue weighted by molar-refractivity contribution is -0.140. The van der Waals surface area contributed by atoms with Crippen molar-refractivity contribution in [1.82, 2.24) is 10.2 Å². The molecule has 1 aliphatic rings. The molecule has 0 aromatic heterocycles. The predicted molar refractivity (Wildman–Crippen MR) is 192 cm³/mol. The minimum atomic E-state index is -4.33. The molecule has 0 unspecified atom stereocenters. The first kappa shape index (κ1) is 35.8. The summed E-state index contributed by atoms with van der Waals surface area (Å²) in [6, 6.07) is 26.8. The summed E-state index contributed by atoms with van der Waals surface area (Å²) in [5, 5.41) is 3.66. The van der Waals surface area contributed by atoms with Gasteiger partial charge in [-0.3, -0.25) is 13.9 Å². The zero-order valence-corrected chi connectivity index (χ0v) is 29.5. The van der Waals surface area contributed by atoms with Crippen LogP contribution in [0.5, 0.6) is 11.5 Å². The van der Waals surface area contributed by atoms with E-state index >= 15 is 0 Å². The Morgan fingerprint density at radius 3 is 2.22 bits per heavy atom. The number of aryl methyl sites for hydroxylation is 1. The van der Waals surface area contributed by atoms with Gasteiger partial charge in [0.1, 0.15) is 24.1 Å². The third kappa shape index (κ3) is 8.93. The normalized spacial score (nSPS) is 13.8. The van der Waals surface area contributed by atoms with Crippen LogP contribution in [0.15, 0.2) is 102 Å². The maximum absolute atomic E-state index is 14.8. The Balaban J connectivity index is 1.62. The van der Waals surface area contributed by atoms with E-state index in [9.17, 15) is 18.0 Å². The van der Waals surface area contributed by atoms with Gasteiger partial charge in [-0.2, -0.15) is 0 Å². The van der Waals surface area contributed by atoms with E-state index in [1.807, 2.05) is 43.3 Å². The number of carbonyl (C=O) groups is 2. The van der Waals surface area contributed by atoms with E-state index in [-0.39, 0.29) is 41.2 Å². The number of ether oxygens (including phenoxy) is 2. The minimum Gasteiger partial charge on any atom is -0.497 e. The fourth-order valence-electron chi connectivity index (χ4n) is 6.10. The molecule has 1 atom stereocenters. The number of hydrogen-bond donors (Lipinski definition) is 1.